The maximum absolute atomic E-state index is 13.1. The second kappa shape index (κ2) is 8.31. The van der Waals surface area contributed by atoms with Gasteiger partial charge >= 0.3 is 0 Å². The first-order valence-electron chi connectivity index (χ1n) is 10.00. The van der Waals surface area contributed by atoms with Gasteiger partial charge in [-0.3, -0.25) is 4.90 Å². The number of halogens is 1. The monoisotopic (exact) mass is 402 g/mol. The Labute approximate surface area is 167 Å². The van der Waals surface area contributed by atoms with Crippen LogP contribution in [0.1, 0.15) is 24.0 Å². The Kier molecular flexibility index (Phi) is 5.80. The van der Waals surface area contributed by atoms with Crippen molar-refractivity contribution in [1.29, 1.82) is 0 Å². The van der Waals surface area contributed by atoms with Crippen molar-refractivity contribution in [3.63, 3.8) is 0 Å². The van der Waals surface area contributed by atoms with E-state index in [1.54, 1.807) is 16.4 Å². The highest BCUT2D eigenvalue weighted by atomic mass is 32.2. The molecule has 2 heterocycles. The van der Waals surface area contributed by atoms with Crippen molar-refractivity contribution in [2.75, 3.05) is 25.4 Å². The lowest BCUT2D eigenvalue weighted by atomic mass is 9.89. The van der Waals surface area contributed by atoms with Crippen molar-refractivity contribution < 1.29 is 12.8 Å². The summed E-state index contributed by atoms with van der Waals surface area (Å²) in [5, 5.41) is 0. The van der Waals surface area contributed by atoms with Gasteiger partial charge in [-0.25, -0.2) is 12.8 Å². The largest absolute Gasteiger partial charge is 0.298 e. The van der Waals surface area contributed by atoms with Crippen LogP contribution in [0.15, 0.2) is 54.6 Å². The van der Waals surface area contributed by atoms with Crippen LogP contribution < -0.4 is 0 Å². The molecule has 0 aliphatic carbocycles. The van der Waals surface area contributed by atoms with E-state index >= 15 is 0 Å². The highest BCUT2D eigenvalue weighted by molar-refractivity contribution is 7.89. The van der Waals surface area contributed by atoms with E-state index in [2.05, 4.69) is 29.2 Å². The molecule has 4 nitrogen and oxygen atoms in total. The first-order valence-corrected chi connectivity index (χ1v) is 11.6. The van der Waals surface area contributed by atoms with Gasteiger partial charge < -0.3 is 0 Å². The third-order valence-corrected chi connectivity index (χ3v) is 7.89. The van der Waals surface area contributed by atoms with Crippen LogP contribution in [0.2, 0.25) is 0 Å². The van der Waals surface area contributed by atoms with Crippen LogP contribution in [0.25, 0.3) is 0 Å². The van der Waals surface area contributed by atoms with Gasteiger partial charge in [0.15, 0.2) is 0 Å². The van der Waals surface area contributed by atoms with Crippen LogP contribution in [0, 0.1) is 11.7 Å². The van der Waals surface area contributed by atoms with E-state index in [4.69, 9.17) is 0 Å². The summed E-state index contributed by atoms with van der Waals surface area (Å²) in [6.07, 6.45) is 3.33. The summed E-state index contributed by atoms with van der Waals surface area (Å²) in [7, 11) is -3.26. The minimum atomic E-state index is -3.26. The van der Waals surface area contributed by atoms with Gasteiger partial charge in [-0.2, -0.15) is 4.31 Å². The second-order valence-corrected chi connectivity index (χ2v) is 10.0. The number of piperidine rings is 1. The summed E-state index contributed by atoms with van der Waals surface area (Å²) in [6, 6.07) is 16.7. The molecular weight excluding hydrogens is 375 g/mol. The van der Waals surface area contributed by atoms with Gasteiger partial charge in [-0.05, 0) is 61.5 Å². The van der Waals surface area contributed by atoms with Crippen LogP contribution in [-0.2, 0) is 23.0 Å². The van der Waals surface area contributed by atoms with Crippen molar-refractivity contribution in [2.24, 2.45) is 5.92 Å². The maximum Gasteiger partial charge on any atom is 0.216 e. The fourth-order valence-electron chi connectivity index (χ4n) is 4.40. The minimum Gasteiger partial charge on any atom is -0.298 e. The predicted molar refractivity (Wildman–Crippen MR) is 109 cm³/mol. The number of nitrogens with zero attached hydrogens (tertiary/aromatic N) is 2. The fraction of sp³-hybridized carbons (Fsp3) is 0.455. The van der Waals surface area contributed by atoms with Gasteiger partial charge in [0.05, 0.1) is 5.75 Å². The Bertz CT molecular complexity index is 879. The molecule has 2 aliphatic rings. The summed E-state index contributed by atoms with van der Waals surface area (Å²) in [6.45, 7) is 2.77. The van der Waals surface area contributed by atoms with Gasteiger partial charge in [0.2, 0.25) is 10.0 Å². The van der Waals surface area contributed by atoms with Gasteiger partial charge in [0.25, 0.3) is 0 Å². The molecule has 0 bridgehead atoms. The number of sulfonamides is 1. The molecule has 0 amide bonds. The lowest BCUT2D eigenvalue weighted by molar-refractivity contribution is 0.137. The lowest BCUT2D eigenvalue weighted by Crippen LogP contribution is -2.44. The average Bonchev–Trinajstić information content (AvgIpc) is 2.99. The maximum atomic E-state index is 13.1. The van der Waals surface area contributed by atoms with Crippen molar-refractivity contribution >= 4 is 10.0 Å². The molecule has 0 radical (unpaired) electrons. The molecule has 0 saturated carbocycles. The van der Waals surface area contributed by atoms with Crippen molar-refractivity contribution in [2.45, 2.75) is 31.8 Å². The minimum absolute atomic E-state index is 0.0584. The van der Waals surface area contributed by atoms with Crippen molar-refractivity contribution in [1.82, 2.24) is 9.21 Å². The molecule has 6 heteroatoms. The summed E-state index contributed by atoms with van der Waals surface area (Å²) in [5.41, 5.74) is 2.21. The summed E-state index contributed by atoms with van der Waals surface area (Å²) in [5.74, 6) is 0.564. The molecule has 0 N–H and O–H groups in total. The van der Waals surface area contributed by atoms with E-state index in [1.165, 1.54) is 17.7 Å². The Morgan fingerprint density at radius 3 is 2.29 bits per heavy atom. The van der Waals surface area contributed by atoms with Crippen LogP contribution in [0.5, 0.6) is 0 Å². The number of rotatable bonds is 5. The zero-order valence-corrected chi connectivity index (χ0v) is 16.8. The van der Waals surface area contributed by atoms with E-state index < -0.39 is 10.0 Å². The Morgan fingerprint density at radius 2 is 1.61 bits per heavy atom. The van der Waals surface area contributed by atoms with Crippen LogP contribution in [0.4, 0.5) is 4.39 Å². The van der Waals surface area contributed by atoms with Gasteiger partial charge in [-0.15, -0.1) is 0 Å². The lowest BCUT2D eigenvalue weighted by Gasteiger charge is -2.35. The average molecular weight is 403 g/mol. The molecule has 2 aromatic rings. The molecule has 2 aliphatic heterocycles. The Morgan fingerprint density at radius 1 is 0.929 bits per heavy atom. The molecule has 28 heavy (non-hydrogen) atoms. The van der Waals surface area contributed by atoms with E-state index in [9.17, 15) is 12.8 Å². The van der Waals surface area contributed by atoms with Crippen molar-refractivity contribution in [3.8, 4) is 0 Å². The number of likely N-dealkylation sites (tertiary alicyclic amines) is 1. The summed E-state index contributed by atoms with van der Waals surface area (Å²) >= 11 is 0. The third kappa shape index (κ3) is 4.62. The molecule has 2 aromatic carbocycles. The molecule has 2 saturated heterocycles. The predicted octanol–water partition coefficient (Wildman–Crippen LogP) is 3.29. The van der Waals surface area contributed by atoms with E-state index in [0.717, 1.165) is 37.9 Å². The second-order valence-electron chi connectivity index (χ2n) is 8.02. The molecule has 150 valence electrons. The molecular formula is C22H27FN2O2S. The summed E-state index contributed by atoms with van der Waals surface area (Å²) in [4.78, 5) is 2.35. The molecule has 1 atom stereocenters. The number of benzene rings is 2. The fourth-order valence-corrected chi connectivity index (χ4v) is 6.15. The SMILES string of the molecule is O=S1(=O)CC(N2CCC(Cc3ccccc3)CC2)CN1Cc1ccc(F)cc1. The summed E-state index contributed by atoms with van der Waals surface area (Å²) < 4.78 is 39.9. The van der Waals surface area contributed by atoms with Crippen LogP contribution in [0.3, 0.4) is 0 Å². The van der Waals surface area contributed by atoms with E-state index in [-0.39, 0.29) is 17.6 Å². The standard InChI is InChI=1S/C22H27FN2O2S/c23-21-8-6-20(7-9-21)15-25-16-22(17-28(25,26)27)24-12-10-19(11-13-24)14-18-4-2-1-3-5-18/h1-9,19,22H,10-17H2. The molecule has 4 rings (SSSR count). The topological polar surface area (TPSA) is 40.6 Å². The van der Waals surface area contributed by atoms with Gasteiger partial charge in [0.1, 0.15) is 5.82 Å². The molecule has 0 spiro atoms. The number of hydrogen-bond acceptors (Lipinski definition) is 3. The highest BCUT2D eigenvalue weighted by Gasteiger charge is 2.39. The normalized spacial score (nSPS) is 23.8. The Hall–Kier alpha value is -1.76. The van der Waals surface area contributed by atoms with E-state index in [0.29, 0.717) is 19.0 Å². The first-order chi connectivity index (χ1) is 13.5. The quantitative estimate of drug-likeness (QED) is 0.771. The number of hydrogen-bond donors (Lipinski definition) is 0. The molecule has 2 fully saturated rings. The van der Waals surface area contributed by atoms with Gasteiger partial charge in [0, 0.05) is 19.1 Å². The third-order valence-electron chi connectivity index (χ3n) is 6.02. The van der Waals surface area contributed by atoms with Crippen LogP contribution >= 0.6 is 0 Å². The van der Waals surface area contributed by atoms with Crippen molar-refractivity contribution in [3.05, 3.63) is 71.5 Å². The highest BCUT2D eigenvalue weighted by Crippen LogP contribution is 2.27. The zero-order chi connectivity index (χ0) is 19.6. The van der Waals surface area contributed by atoms with E-state index in [1.807, 2.05) is 6.07 Å². The smallest absolute Gasteiger partial charge is 0.216 e. The Balaban J connectivity index is 1.32. The molecule has 1 unspecified atom stereocenters. The molecule has 0 aromatic heterocycles. The van der Waals surface area contributed by atoms with Gasteiger partial charge in [-0.1, -0.05) is 42.5 Å². The first kappa shape index (κ1) is 19.6. The zero-order valence-electron chi connectivity index (χ0n) is 16.0. The van der Waals surface area contributed by atoms with Crippen LogP contribution in [-0.4, -0.2) is 49.1 Å².